The van der Waals surface area contributed by atoms with Gasteiger partial charge in [-0.2, -0.15) is 0 Å². The molecule has 0 unspecified atom stereocenters. The van der Waals surface area contributed by atoms with Gasteiger partial charge in [0.25, 0.3) is 0 Å². The van der Waals surface area contributed by atoms with Crippen LogP contribution < -0.4 is 5.32 Å². The van der Waals surface area contributed by atoms with Crippen molar-refractivity contribution in [1.29, 1.82) is 0 Å². The second-order valence-corrected chi connectivity index (χ2v) is 5.30. The summed E-state index contributed by atoms with van der Waals surface area (Å²) in [6.07, 6.45) is 2.26. The van der Waals surface area contributed by atoms with Crippen LogP contribution in [-0.2, 0) is 6.54 Å². The summed E-state index contributed by atoms with van der Waals surface area (Å²) in [5.74, 6) is 0.302. The van der Waals surface area contributed by atoms with Gasteiger partial charge in [0.15, 0.2) is 5.78 Å². The zero-order valence-corrected chi connectivity index (χ0v) is 11.6. The summed E-state index contributed by atoms with van der Waals surface area (Å²) in [6, 6.07) is 5.63. The fourth-order valence-electron chi connectivity index (χ4n) is 2.58. The maximum Gasteiger partial charge on any atom is 0.159 e. The number of phenolic OH excluding ortho intramolecular Hbond substituents is 1. The van der Waals surface area contributed by atoms with E-state index >= 15 is 0 Å². The van der Waals surface area contributed by atoms with Crippen molar-refractivity contribution in [3.8, 4) is 5.75 Å². The van der Waals surface area contributed by atoms with E-state index in [1.54, 1.807) is 25.1 Å². The molecule has 0 bridgehead atoms. The van der Waals surface area contributed by atoms with E-state index in [1.165, 1.54) is 0 Å². The molecular formula is C15H22N2O2. The van der Waals surface area contributed by atoms with Crippen molar-refractivity contribution in [2.24, 2.45) is 0 Å². The number of benzene rings is 1. The van der Waals surface area contributed by atoms with Gasteiger partial charge in [0.1, 0.15) is 5.75 Å². The van der Waals surface area contributed by atoms with Gasteiger partial charge in [0.2, 0.25) is 0 Å². The summed E-state index contributed by atoms with van der Waals surface area (Å²) in [5, 5.41) is 13.3. The number of rotatable bonds is 4. The minimum Gasteiger partial charge on any atom is -0.508 e. The molecule has 2 rings (SSSR count). The Hall–Kier alpha value is -1.39. The van der Waals surface area contributed by atoms with Crippen molar-refractivity contribution in [3.05, 3.63) is 29.3 Å². The smallest absolute Gasteiger partial charge is 0.159 e. The molecule has 0 amide bonds. The number of Topliss-reactive ketones (excluding diaryl/α,β-unsaturated/α-hetero) is 1. The number of phenols is 1. The summed E-state index contributed by atoms with van der Waals surface area (Å²) in [7, 11) is 2.08. The van der Waals surface area contributed by atoms with Crippen LogP contribution in [0.5, 0.6) is 5.75 Å². The second-order valence-electron chi connectivity index (χ2n) is 5.30. The maximum absolute atomic E-state index is 11.4. The van der Waals surface area contributed by atoms with Crippen LogP contribution in [0, 0.1) is 0 Å². The van der Waals surface area contributed by atoms with Gasteiger partial charge in [-0.25, -0.2) is 0 Å². The van der Waals surface area contributed by atoms with E-state index in [0.717, 1.165) is 31.5 Å². The van der Waals surface area contributed by atoms with Crippen molar-refractivity contribution in [2.45, 2.75) is 32.4 Å². The Morgan fingerprint density at radius 1 is 1.42 bits per heavy atom. The van der Waals surface area contributed by atoms with Crippen LogP contribution in [0.4, 0.5) is 0 Å². The first-order valence-electron chi connectivity index (χ1n) is 6.81. The SMILES string of the molecule is CC(=O)c1ccc(O)c(CN(C)C2CCNCC2)c1. The number of hydrogen-bond donors (Lipinski definition) is 2. The second kappa shape index (κ2) is 6.17. The van der Waals surface area contributed by atoms with Crippen molar-refractivity contribution in [2.75, 3.05) is 20.1 Å². The van der Waals surface area contributed by atoms with Crippen LogP contribution in [-0.4, -0.2) is 42.0 Å². The first kappa shape index (κ1) is 14.0. The molecule has 1 fully saturated rings. The quantitative estimate of drug-likeness (QED) is 0.812. The van der Waals surface area contributed by atoms with Crippen LogP contribution in [0.15, 0.2) is 18.2 Å². The lowest BCUT2D eigenvalue weighted by molar-refractivity contribution is 0.101. The molecule has 19 heavy (non-hydrogen) atoms. The van der Waals surface area contributed by atoms with Gasteiger partial charge in [-0.05, 0) is 58.1 Å². The molecule has 1 aromatic carbocycles. The molecule has 0 saturated carbocycles. The fraction of sp³-hybridized carbons (Fsp3) is 0.533. The van der Waals surface area contributed by atoms with Crippen LogP contribution in [0.2, 0.25) is 0 Å². The van der Waals surface area contributed by atoms with E-state index < -0.39 is 0 Å². The molecule has 2 N–H and O–H groups in total. The van der Waals surface area contributed by atoms with Gasteiger partial charge in [-0.1, -0.05) is 0 Å². The third-order valence-corrected chi connectivity index (χ3v) is 3.84. The number of piperidine rings is 1. The lowest BCUT2D eigenvalue weighted by atomic mass is 10.0. The highest BCUT2D eigenvalue weighted by molar-refractivity contribution is 5.94. The highest BCUT2D eigenvalue weighted by Crippen LogP contribution is 2.22. The molecule has 0 spiro atoms. The largest absolute Gasteiger partial charge is 0.508 e. The first-order chi connectivity index (χ1) is 9.08. The normalized spacial score (nSPS) is 16.8. The molecular weight excluding hydrogens is 240 g/mol. The van der Waals surface area contributed by atoms with E-state index in [-0.39, 0.29) is 11.5 Å². The molecule has 0 radical (unpaired) electrons. The molecule has 1 aliphatic heterocycles. The maximum atomic E-state index is 11.4. The predicted molar refractivity (Wildman–Crippen MR) is 75.5 cm³/mol. The van der Waals surface area contributed by atoms with Crippen LogP contribution in [0.25, 0.3) is 0 Å². The zero-order valence-electron chi connectivity index (χ0n) is 11.6. The minimum atomic E-state index is 0.0331. The van der Waals surface area contributed by atoms with Gasteiger partial charge in [0, 0.05) is 23.7 Å². The number of hydrogen-bond acceptors (Lipinski definition) is 4. The third-order valence-electron chi connectivity index (χ3n) is 3.84. The number of carbonyl (C=O) groups is 1. The van der Waals surface area contributed by atoms with Gasteiger partial charge in [0.05, 0.1) is 0 Å². The van der Waals surface area contributed by atoms with Gasteiger partial charge in [-0.3, -0.25) is 9.69 Å². The van der Waals surface area contributed by atoms with E-state index in [2.05, 4.69) is 17.3 Å². The number of aromatic hydroxyl groups is 1. The Bertz CT molecular complexity index is 453. The van der Waals surface area contributed by atoms with Gasteiger partial charge in [-0.15, -0.1) is 0 Å². The molecule has 4 nitrogen and oxygen atoms in total. The van der Waals surface area contributed by atoms with Crippen LogP contribution >= 0.6 is 0 Å². The third kappa shape index (κ3) is 3.55. The average molecular weight is 262 g/mol. The molecule has 1 saturated heterocycles. The summed E-state index contributed by atoms with van der Waals surface area (Å²) < 4.78 is 0. The standard InChI is InChI=1S/C15H22N2O2/c1-11(18)12-3-4-15(19)13(9-12)10-17(2)14-5-7-16-8-6-14/h3-4,9,14,16,19H,5-8,10H2,1-2H3. The Kier molecular flexibility index (Phi) is 4.56. The summed E-state index contributed by atoms with van der Waals surface area (Å²) in [5.41, 5.74) is 1.49. The lowest BCUT2D eigenvalue weighted by Crippen LogP contribution is -2.40. The summed E-state index contributed by atoms with van der Waals surface area (Å²) in [6.45, 7) is 4.33. The van der Waals surface area contributed by atoms with E-state index in [0.29, 0.717) is 18.2 Å². The number of carbonyl (C=O) groups excluding carboxylic acids is 1. The Labute approximate surface area is 114 Å². The van der Waals surface area contributed by atoms with Crippen molar-refractivity contribution in [1.82, 2.24) is 10.2 Å². The highest BCUT2D eigenvalue weighted by Gasteiger charge is 2.19. The van der Waals surface area contributed by atoms with E-state index in [1.807, 2.05) is 0 Å². The van der Waals surface area contributed by atoms with Crippen molar-refractivity contribution in [3.63, 3.8) is 0 Å². The monoisotopic (exact) mass is 262 g/mol. The minimum absolute atomic E-state index is 0.0331. The molecule has 1 aromatic rings. The summed E-state index contributed by atoms with van der Waals surface area (Å²) >= 11 is 0. The molecule has 1 heterocycles. The Balaban J connectivity index is 2.08. The molecule has 0 aliphatic carbocycles. The van der Waals surface area contributed by atoms with Gasteiger partial charge < -0.3 is 10.4 Å². The molecule has 104 valence electrons. The first-order valence-corrected chi connectivity index (χ1v) is 6.81. The molecule has 0 atom stereocenters. The number of nitrogens with zero attached hydrogens (tertiary/aromatic N) is 1. The fourth-order valence-corrected chi connectivity index (χ4v) is 2.58. The van der Waals surface area contributed by atoms with Crippen LogP contribution in [0.1, 0.15) is 35.7 Å². The lowest BCUT2D eigenvalue weighted by Gasteiger charge is -2.31. The number of nitrogens with one attached hydrogen (secondary N) is 1. The predicted octanol–water partition coefficient (Wildman–Crippen LogP) is 1.78. The van der Waals surface area contributed by atoms with Crippen LogP contribution in [0.3, 0.4) is 0 Å². The molecule has 4 heteroatoms. The van der Waals surface area contributed by atoms with Crippen molar-refractivity contribution >= 4 is 5.78 Å². The summed E-state index contributed by atoms with van der Waals surface area (Å²) in [4.78, 5) is 13.7. The van der Waals surface area contributed by atoms with E-state index in [9.17, 15) is 9.90 Å². The number of ketones is 1. The zero-order chi connectivity index (χ0) is 13.8. The highest BCUT2D eigenvalue weighted by atomic mass is 16.3. The average Bonchev–Trinajstić information content (AvgIpc) is 2.42. The van der Waals surface area contributed by atoms with Crippen molar-refractivity contribution < 1.29 is 9.90 Å². The Morgan fingerprint density at radius 2 is 2.11 bits per heavy atom. The topological polar surface area (TPSA) is 52.6 Å². The molecule has 0 aromatic heterocycles. The molecule has 1 aliphatic rings. The van der Waals surface area contributed by atoms with Gasteiger partial charge >= 0.3 is 0 Å². The van der Waals surface area contributed by atoms with E-state index in [4.69, 9.17) is 0 Å². The Morgan fingerprint density at radius 3 is 2.74 bits per heavy atom.